The number of hydrogen-bond donors (Lipinski definition) is 1. The van der Waals surface area contributed by atoms with E-state index in [1.54, 1.807) is 36.4 Å². The Morgan fingerprint density at radius 2 is 1.91 bits per heavy atom. The molecule has 0 bridgehead atoms. The molecule has 3 aromatic carbocycles. The summed E-state index contributed by atoms with van der Waals surface area (Å²) >= 11 is 3.43. The number of anilines is 1. The number of aromatic carboxylic acids is 1. The van der Waals surface area contributed by atoms with E-state index in [9.17, 15) is 14.7 Å². The van der Waals surface area contributed by atoms with Gasteiger partial charge in [-0.1, -0.05) is 52.3 Å². The van der Waals surface area contributed by atoms with Crippen molar-refractivity contribution >= 4 is 45.3 Å². The third kappa shape index (κ3) is 4.68. The van der Waals surface area contributed by atoms with Crippen molar-refractivity contribution in [3.63, 3.8) is 0 Å². The second-order valence-electron chi connectivity index (χ2n) is 6.97. The Labute approximate surface area is 198 Å². The van der Waals surface area contributed by atoms with Crippen molar-refractivity contribution in [1.29, 1.82) is 5.26 Å². The van der Waals surface area contributed by atoms with Gasteiger partial charge in [0, 0.05) is 15.6 Å². The fraction of sp³-hybridized carbons (Fsp3) is 0.0400. The number of hydrazone groups is 1. The number of carbonyl (C=O) groups is 2. The average molecular weight is 502 g/mol. The van der Waals surface area contributed by atoms with Crippen molar-refractivity contribution in [2.75, 3.05) is 11.6 Å². The molecular formula is C25H16BrN3O4. The highest BCUT2D eigenvalue weighted by Gasteiger charge is 2.32. The molecule has 1 N–H and O–H groups in total. The minimum absolute atomic E-state index is 0.0494. The molecule has 7 nitrogen and oxygen atoms in total. The van der Waals surface area contributed by atoms with Gasteiger partial charge in [-0.05, 0) is 42.5 Å². The highest BCUT2D eigenvalue weighted by Crippen LogP contribution is 2.31. The van der Waals surface area contributed by atoms with Crippen LogP contribution in [0.2, 0.25) is 0 Å². The lowest BCUT2D eigenvalue weighted by atomic mass is 10.00. The molecule has 33 heavy (non-hydrogen) atoms. The molecule has 0 saturated heterocycles. The van der Waals surface area contributed by atoms with Crippen molar-refractivity contribution in [2.24, 2.45) is 5.10 Å². The largest absolute Gasteiger partial charge is 0.478 e. The van der Waals surface area contributed by atoms with Gasteiger partial charge >= 0.3 is 5.97 Å². The maximum absolute atomic E-state index is 13.5. The maximum Gasteiger partial charge on any atom is 0.335 e. The maximum atomic E-state index is 13.5. The number of nitrogens with zero attached hydrogens (tertiary/aromatic N) is 3. The summed E-state index contributed by atoms with van der Waals surface area (Å²) in [5.41, 5.74) is 2.45. The standard InChI is InChI=1S/C25H16BrN3O4/c26-19-9-10-22(33-12-11-27)18(13-19)15-21-23(16-5-2-1-3-6-16)28-29(24(21)30)20-8-4-7-17(14-20)25(31)32/h1-10,13-15H,12H2,(H,31,32). The highest BCUT2D eigenvalue weighted by molar-refractivity contribution is 9.10. The predicted octanol–water partition coefficient (Wildman–Crippen LogP) is 4.88. The molecule has 1 heterocycles. The smallest absolute Gasteiger partial charge is 0.335 e. The number of carboxylic acid groups (broad SMARTS) is 1. The molecule has 1 aliphatic heterocycles. The molecule has 1 aliphatic rings. The Balaban J connectivity index is 1.84. The van der Waals surface area contributed by atoms with Gasteiger partial charge in [0.05, 0.1) is 16.8 Å². The number of nitriles is 1. The monoisotopic (exact) mass is 501 g/mol. The lowest BCUT2D eigenvalue weighted by molar-refractivity contribution is -0.114. The van der Waals surface area contributed by atoms with Gasteiger partial charge in [0.2, 0.25) is 0 Å². The molecule has 0 fully saturated rings. The second kappa shape index (κ2) is 9.51. The summed E-state index contributed by atoms with van der Waals surface area (Å²) < 4.78 is 6.30. The van der Waals surface area contributed by atoms with Crippen molar-refractivity contribution in [1.82, 2.24) is 0 Å². The van der Waals surface area contributed by atoms with Crippen molar-refractivity contribution < 1.29 is 19.4 Å². The quantitative estimate of drug-likeness (QED) is 0.484. The van der Waals surface area contributed by atoms with E-state index in [-0.39, 0.29) is 12.2 Å². The fourth-order valence-electron chi connectivity index (χ4n) is 3.33. The van der Waals surface area contributed by atoms with E-state index in [1.165, 1.54) is 17.1 Å². The highest BCUT2D eigenvalue weighted by atomic mass is 79.9. The number of amides is 1. The van der Waals surface area contributed by atoms with E-state index in [2.05, 4.69) is 21.0 Å². The molecule has 0 saturated carbocycles. The van der Waals surface area contributed by atoms with E-state index >= 15 is 0 Å². The molecule has 0 spiro atoms. The van der Waals surface area contributed by atoms with Crippen molar-refractivity contribution in [3.05, 3.63) is 99.5 Å². The zero-order valence-corrected chi connectivity index (χ0v) is 18.7. The van der Waals surface area contributed by atoms with Crippen LogP contribution in [0.1, 0.15) is 21.5 Å². The summed E-state index contributed by atoms with van der Waals surface area (Å²) in [4.78, 5) is 24.9. The van der Waals surface area contributed by atoms with E-state index in [0.717, 1.165) is 10.0 Å². The minimum Gasteiger partial charge on any atom is -0.478 e. The van der Waals surface area contributed by atoms with E-state index < -0.39 is 11.9 Å². The van der Waals surface area contributed by atoms with Crippen LogP contribution in [0.25, 0.3) is 6.08 Å². The minimum atomic E-state index is -1.10. The van der Waals surface area contributed by atoms with Crippen molar-refractivity contribution in [3.8, 4) is 11.8 Å². The fourth-order valence-corrected chi connectivity index (χ4v) is 3.71. The summed E-state index contributed by atoms with van der Waals surface area (Å²) in [7, 11) is 0. The van der Waals surface area contributed by atoms with Crippen LogP contribution < -0.4 is 9.75 Å². The Morgan fingerprint density at radius 3 is 2.64 bits per heavy atom. The lowest BCUT2D eigenvalue weighted by Crippen LogP contribution is -2.21. The first-order valence-electron chi connectivity index (χ1n) is 9.81. The Morgan fingerprint density at radius 1 is 1.12 bits per heavy atom. The van der Waals surface area contributed by atoms with E-state index in [0.29, 0.717) is 28.3 Å². The third-order valence-corrected chi connectivity index (χ3v) is 5.32. The molecule has 0 aliphatic carbocycles. The summed E-state index contributed by atoms with van der Waals surface area (Å²) in [5, 5.41) is 23.9. The number of halogens is 1. The van der Waals surface area contributed by atoms with Crippen LogP contribution in [-0.4, -0.2) is 29.3 Å². The summed E-state index contributed by atoms with van der Waals surface area (Å²) in [6.45, 7) is -0.139. The third-order valence-electron chi connectivity index (χ3n) is 4.83. The number of rotatable bonds is 6. The molecule has 8 heteroatoms. The Kier molecular flexibility index (Phi) is 6.33. The first kappa shape index (κ1) is 22.0. The average Bonchev–Trinajstić information content (AvgIpc) is 3.15. The van der Waals surface area contributed by atoms with Crippen LogP contribution in [0, 0.1) is 11.3 Å². The molecule has 4 rings (SSSR count). The molecule has 3 aromatic rings. The molecular weight excluding hydrogens is 486 g/mol. The number of carboxylic acids is 1. The molecule has 0 radical (unpaired) electrons. The van der Waals surface area contributed by atoms with Gasteiger partial charge in [-0.2, -0.15) is 15.4 Å². The van der Waals surface area contributed by atoms with Crippen LogP contribution in [0.15, 0.2) is 87.9 Å². The van der Waals surface area contributed by atoms with Gasteiger partial charge in [0.25, 0.3) is 5.91 Å². The van der Waals surface area contributed by atoms with Gasteiger partial charge in [-0.25, -0.2) is 4.79 Å². The van der Waals surface area contributed by atoms with Gasteiger partial charge in [-0.15, -0.1) is 0 Å². The molecule has 1 amide bonds. The molecule has 0 atom stereocenters. The van der Waals surface area contributed by atoms with Gasteiger partial charge in [0.1, 0.15) is 17.5 Å². The van der Waals surface area contributed by atoms with Crippen molar-refractivity contribution in [2.45, 2.75) is 0 Å². The molecule has 0 aromatic heterocycles. The van der Waals surface area contributed by atoms with Crippen LogP contribution in [0.5, 0.6) is 5.75 Å². The van der Waals surface area contributed by atoms with E-state index in [1.807, 2.05) is 36.4 Å². The van der Waals surface area contributed by atoms with Crippen LogP contribution >= 0.6 is 15.9 Å². The zero-order chi connectivity index (χ0) is 23.4. The number of hydrogen-bond acceptors (Lipinski definition) is 5. The normalized spacial score (nSPS) is 14.2. The Hall–Kier alpha value is -4.22. The number of ether oxygens (including phenoxy) is 1. The molecule has 162 valence electrons. The SMILES string of the molecule is N#CCOc1ccc(Br)cc1C=C1C(=O)N(c2cccc(C(=O)O)c2)N=C1c1ccccc1. The first-order valence-corrected chi connectivity index (χ1v) is 10.6. The van der Waals surface area contributed by atoms with Crippen LogP contribution in [-0.2, 0) is 4.79 Å². The van der Waals surface area contributed by atoms with Crippen LogP contribution in [0.3, 0.4) is 0 Å². The van der Waals surface area contributed by atoms with Gasteiger partial charge < -0.3 is 9.84 Å². The summed E-state index contributed by atoms with van der Waals surface area (Å²) in [5.74, 6) is -1.07. The number of benzene rings is 3. The van der Waals surface area contributed by atoms with Gasteiger partial charge in [0.15, 0.2) is 6.61 Å². The van der Waals surface area contributed by atoms with Crippen LogP contribution in [0.4, 0.5) is 5.69 Å². The Bertz CT molecular complexity index is 1340. The summed E-state index contributed by atoms with van der Waals surface area (Å²) in [6, 6.07) is 22.5. The first-order chi connectivity index (χ1) is 16.0. The molecule has 0 unspecified atom stereocenters. The second-order valence-corrected chi connectivity index (χ2v) is 7.89. The number of carbonyl (C=O) groups excluding carboxylic acids is 1. The predicted molar refractivity (Wildman–Crippen MR) is 127 cm³/mol. The summed E-state index contributed by atoms with van der Waals surface area (Å²) in [6.07, 6.45) is 1.66. The van der Waals surface area contributed by atoms with Gasteiger partial charge in [-0.3, -0.25) is 4.79 Å². The zero-order valence-electron chi connectivity index (χ0n) is 17.1. The topological polar surface area (TPSA) is 103 Å². The van der Waals surface area contributed by atoms with E-state index in [4.69, 9.17) is 10.00 Å². The lowest BCUT2D eigenvalue weighted by Gasteiger charge is -2.12.